The number of nitrogens with zero attached hydrogens (tertiary/aromatic N) is 3. The Morgan fingerprint density at radius 3 is 2.48 bits per heavy atom. The molecule has 2 aromatic carbocycles. The summed E-state index contributed by atoms with van der Waals surface area (Å²) < 4.78 is 1.84. The summed E-state index contributed by atoms with van der Waals surface area (Å²) in [5.74, 6) is 0. The fourth-order valence-corrected chi connectivity index (χ4v) is 3.19. The first kappa shape index (κ1) is 15.9. The van der Waals surface area contributed by atoms with E-state index in [9.17, 15) is 0 Å². The first-order chi connectivity index (χ1) is 12.3. The Morgan fingerprint density at radius 2 is 1.64 bits per heavy atom. The van der Waals surface area contributed by atoms with E-state index in [-0.39, 0.29) is 0 Å². The van der Waals surface area contributed by atoms with E-state index in [1.165, 1.54) is 5.56 Å². The van der Waals surface area contributed by atoms with Crippen LogP contribution in [0.3, 0.4) is 0 Å². The zero-order chi connectivity index (χ0) is 17.1. The second kappa shape index (κ2) is 7.08. The van der Waals surface area contributed by atoms with Gasteiger partial charge in [0.1, 0.15) is 0 Å². The van der Waals surface area contributed by atoms with Crippen LogP contribution in [0.2, 0.25) is 5.02 Å². The molecule has 0 saturated heterocycles. The lowest BCUT2D eigenvalue weighted by atomic mass is 10.1. The lowest BCUT2D eigenvalue weighted by molar-refractivity contribution is 0.861. The summed E-state index contributed by atoms with van der Waals surface area (Å²) in [6, 6.07) is 22.4. The summed E-state index contributed by atoms with van der Waals surface area (Å²) in [7, 11) is 0. The Hall–Kier alpha value is -2.65. The molecular weight excluding hydrogens is 330 g/mol. The summed E-state index contributed by atoms with van der Waals surface area (Å²) in [4.78, 5) is 4.74. The number of benzene rings is 2. The summed E-state index contributed by atoms with van der Waals surface area (Å²) in [5.41, 5.74) is 5.39. The topological polar surface area (TPSA) is 30.2 Å². The Kier molecular flexibility index (Phi) is 4.49. The van der Waals surface area contributed by atoms with Gasteiger partial charge in [-0.15, -0.1) is 0 Å². The molecule has 0 fully saturated rings. The van der Waals surface area contributed by atoms with Crippen molar-refractivity contribution >= 4 is 17.2 Å². The molecule has 0 aliphatic heterocycles. The van der Waals surface area contributed by atoms with Crippen LogP contribution in [0.15, 0.2) is 72.9 Å². The van der Waals surface area contributed by atoms with Crippen LogP contribution in [-0.4, -0.2) is 14.6 Å². The average molecular weight is 348 g/mol. The smallest absolute Gasteiger partial charge is 0.155 e. The fourth-order valence-electron chi connectivity index (χ4n) is 2.96. The second-order valence-electron chi connectivity index (χ2n) is 6.11. The predicted molar refractivity (Wildman–Crippen MR) is 101 cm³/mol. The van der Waals surface area contributed by atoms with Gasteiger partial charge in [-0.25, -0.2) is 9.50 Å². The van der Waals surface area contributed by atoms with Crippen molar-refractivity contribution in [3.05, 3.63) is 100 Å². The summed E-state index contributed by atoms with van der Waals surface area (Å²) in [6.07, 6.45) is 4.55. The Balaban J connectivity index is 1.51. The van der Waals surface area contributed by atoms with E-state index in [0.29, 0.717) is 0 Å². The van der Waals surface area contributed by atoms with Gasteiger partial charge in [-0.2, -0.15) is 5.10 Å². The number of hydrogen-bond donors (Lipinski definition) is 0. The van der Waals surface area contributed by atoms with Crippen LogP contribution in [0.5, 0.6) is 0 Å². The van der Waals surface area contributed by atoms with Crippen molar-refractivity contribution in [1.82, 2.24) is 14.6 Å². The van der Waals surface area contributed by atoms with E-state index < -0.39 is 0 Å². The van der Waals surface area contributed by atoms with Gasteiger partial charge in [0.25, 0.3) is 0 Å². The normalized spacial score (nSPS) is 11.1. The van der Waals surface area contributed by atoms with Crippen molar-refractivity contribution < 1.29 is 0 Å². The molecule has 0 amide bonds. The van der Waals surface area contributed by atoms with E-state index in [4.69, 9.17) is 16.6 Å². The van der Waals surface area contributed by atoms with Crippen molar-refractivity contribution in [1.29, 1.82) is 0 Å². The molecule has 0 N–H and O–H groups in total. The molecule has 0 unspecified atom stereocenters. The van der Waals surface area contributed by atoms with E-state index in [0.717, 1.165) is 46.9 Å². The number of fused-ring (bicyclic) bond motifs is 1. The molecule has 0 atom stereocenters. The second-order valence-corrected chi connectivity index (χ2v) is 6.52. The van der Waals surface area contributed by atoms with E-state index in [2.05, 4.69) is 41.5 Å². The van der Waals surface area contributed by atoms with Gasteiger partial charge in [-0.1, -0.05) is 60.1 Å². The number of aromatic nitrogens is 3. The maximum absolute atomic E-state index is 6.23. The molecule has 0 bridgehead atoms. The molecule has 3 nitrogen and oxygen atoms in total. The molecule has 0 aliphatic carbocycles. The van der Waals surface area contributed by atoms with Crippen molar-refractivity contribution in [3.63, 3.8) is 0 Å². The first-order valence-corrected chi connectivity index (χ1v) is 8.77. The maximum Gasteiger partial charge on any atom is 0.155 e. The van der Waals surface area contributed by atoms with Crippen LogP contribution in [0.1, 0.15) is 22.5 Å². The molecule has 4 rings (SSSR count). The Labute approximate surface area is 151 Å². The minimum atomic E-state index is 0.818. The largest absolute Gasteiger partial charge is 0.234 e. The number of halogens is 1. The van der Waals surface area contributed by atoms with Gasteiger partial charge in [-0.3, -0.25) is 0 Å². The van der Waals surface area contributed by atoms with E-state index >= 15 is 0 Å². The van der Waals surface area contributed by atoms with Gasteiger partial charge in [0.2, 0.25) is 0 Å². The maximum atomic E-state index is 6.23. The van der Waals surface area contributed by atoms with Gasteiger partial charge in [0.05, 0.1) is 5.69 Å². The van der Waals surface area contributed by atoms with Crippen LogP contribution in [0, 0.1) is 0 Å². The zero-order valence-corrected chi connectivity index (χ0v) is 14.5. The standard InChI is InChI=1S/C21H18ClN3/c22-20-9-5-4-8-17(20)10-11-18-12-13-25-21(23-18)15-19(24-25)14-16-6-2-1-3-7-16/h1-9,12-13,15H,10-11,14H2. The summed E-state index contributed by atoms with van der Waals surface area (Å²) >= 11 is 6.23. The number of hydrogen-bond acceptors (Lipinski definition) is 2. The van der Waals surface area contributed by atoms with Gasteiger partial charge >= 0.3 is 0 Å². The average Bonchev–Trinajstić information content (AvgIpc) is 3.03. The monoisotopic (exact) mass is 347 g/mol. The lowest BCUT2D eigenvalue weighted by Crippen LogP contribution is -1.98. The first-order valence-electron chi connectivity index (χ1n) is 8.39. The Morgan fingerprint density at radius 1 is 0.840 bits per heavy atom. The van der Waals surface area contributed by atoms with Crippen LogP contribution >= 0.6 is 11.6 Å². The minimum absolute atomic E-state index is 0.818. The summed E-state index contributed by atoms with van der Waals surface area (Å²) in [6.45, 7) is 0. The third-order valence-electron chi connectivity index (χ3n) is 4.27. The fraction of sp³-hybridized carbons (Fsp3) is 0.143. The molecule has 4 aromatic rings. The molecule has 4 heteroatoms. The number of aryl methyl sites for hydroxylation is 2. The van der Waals surface area contributed by atoms with Gasteiger partial charge in [0.15, 0.2) is 5.65 Å². The highest BCUT2D eigenvalue weighted by atomic mass is 35.5. The van der Waals surface area contributed by atoms with E-state index in [1.54, 1.807) is 0 Å². The molecule has 0 saturated carbocycles. The number of rotatable bonds is 5. The van der Waals surface area contributed by atoms with Crippen LogP contribution in [-0.2, 0) is 19.3 Å². The van der Waals surface area contributed by atoms with Gasteiger partial charge < -0.3 is 0 Å². The van der Waals surface area contributed by atoms with Crippen LogP contribution in [0.4, 0.5) is 0 Å². The molecule has 2 aromatic heterocycles. The molecule has 2 heterocycles. The van der Waals surface area contributed by atoms with Crippen molar-refractivity contribution in [2.45, 2.75) is 19.3 Å². The van der Waals surface area contributed by atoms with Crippen LogP contribution < -0.4 is 0 Å². The van der Waals surface area contributed by atoms with Crippen molar-refractivity contribution in [3.8, 4) is 0 Å². The summed E-state index contributed by atoms with van der Waals surface area (Å²) in [5, 5.41) is 5.43. The molecule has 0 radical (unpaired) electrons. The van der Waals surface area contributed by atoms with Crippen molar-refractivity contribution in [2.75, 3.05) is 0 Å². The predicted octanol–water partition coefficient (Wildman–Crippen LogP) is 4.76. The third-order valence-corrected chi connectivity index (χ3v) is 4.64. The third kappa shape index (κ3) is 3.72. The lowest BCUT2D eigenvalue weighted by Gasteiger charge is -2.04. The van der Waals surface area contributed by atoms with Gasteiger partial charge in [0, 0.05) is 29.4 Å². The SMILES string of the molecule is Clc1ccccc1CCc1ccn2nc(Cc3ccccc3)cc2n1. The van der Waals surface area contributed by atoms with E-state index in [1.807, 2.05) is 41.0 Å². The highest BCUT2D eigenvalue weighted by molar-refractivity contribution is 6.31. The molecule has 25 heavy (non-hydrogen) atoms. The van der Waals surface area contributed by atoms with Gasteiger partial charge in [-0.05, 0) is 36.1 Å². The zero-order valence-electron chi connectivity index (χ0n) is 13.8. The molecule has 0 spiro atoms. The molecule has 0 aliphatic rings. The quantitative estimate of drug-likeness (QED) is 0.521. The molecular formula is C21H18ClN3. The molecule has 124 valence electrons. The minimum Gasteiger partial charge on any atom is -0.234 e. The highest BCUT2D eigenvalue weighted by Crippen LogP contribution is 2.17. The highest BCUT2D eigenvalue weighted by Gasteiger charge is 2.06. The Bertz CT molecular complexity index is 992. The van der Waals surface area contributed by atoms with Crippen molar-refractivity contribution in [2.24, 2.45) is 0 Å². The van der Waals surface area contributed by atoms with Crippen LogP contribution in [0.25, 0.3) is 5.65 Å².